The van der Waals surface area contributed by atoms with Crippen molar-refractivity contribution in [1.29, 1.82) is 0 Å². The summed E-state index contributed by atoms with van der Waals surface area (Å²) in [6.45, 7) is 6.83. The molecule has 0 saturated carbocycles. The fourth-order valence-corrected chi connectivity index (χ4v) is 4.31. The van der Waals surface area contributed by atoms with Crippen LogP contribution in [0, 0.1) is 6.92 Å². The molecular weight excluding hydrogens is 438 g/mol. The number of nitrogens with zero attached hydrogens (tertiary/aromatic N) is 1. The molecule has 8 heteroatoms. The van der Waals surface area contributed by atoms with Gasteiger partial charge in [-0.3, -0.25) is 4.79 Å². The summed E-state index contributed by atoms with van der Waals surface area (Å²) in [5.74, 6) is 2.16. The van der Waals surface area contributed by atoms with E-state index < -0.39 is 6.09 Å². The number of morpholine rings is 1. The average molecular weight is 466 g/mol. The third kappa shape index (κ3) is 4.21. The van der Waals surface area contributed by atoms with E-state index in [0.29, 0.717) is 91.0 Å². The Balaban J connectivity index is 1.54. The highest BCUT2D eigenvalue weighted by Gasteiger charge is 2.22. The van der Waals surface area contributed by atoms with E-state index in [0.717, 1.165) is 12.0 Å². The number of carbonyl (C=O) groups excluding carboxylic acids is 1. The smallest absolute Gasteiger partial charge is 0.415 e. The molecule has 0 unspecified atom stereocenters. The van der Waals surface area contributed by atoms with Gasteiger partial charge >= 0.3 is 6.09 Å². The molecule has 1 fully saturated rings. The molecule has 178 valence electrons. The third-order valence-electron chi connectivity index (χ3n) is 6.13. The first-order valence-electron chi connectivity index (χ1n) is 11.6. The van der Waals surface area contributed by atoms with Crippen molar-refractivity contribution in [2.75, 3.05) is 39.5 Å². The predicted molar refractivity (Wildman–Crippen MR) is 126 cm³/mol. The lowest BCUT2D eigenvalue weighted by Crippen LogP contribution is -2.42. The van der Waals surface area contributed by atoms with Gasteiger partial charge in [0.15, 0.2) is 11.5 Å². The molecule has 0 N–H and O–H groups in total. The van der Waals surface area contributed by atoms with Crippen LogP contribution >= 0.6 is 0 Å². The van der Waals surface area contributed by atoms with Crippen molar-refractivity contribution in [3.05, 3.63) is 51.9 Å². The molecule has 1 saturated heterocycles. The van der Waals surface area contributed by atoms with E-state index >= 15 is 0 Å². The Kier molecular flexibility index (Phi) is 6.15. The molecule has 0 atom stereocenters. The highest BCUT2D eigenvalue weighted by Crippen LogP contribution is 2.35. The van der Waals surface area contributed by atoms with Crippen LogP contribution in [0.4, 0.5) is 4.79 Å². The maximum atomic E-state index is 13.6. The van der Waals surface area contributed by atoms with Crippen LogP contribution in [0.1, 0.15) is 24.7 Å². The largest absolute Gasteiger partial charge is 0.490 e. The van der Waals surface area contributed by atoms with Crippen LogP contribution < -0.4 is 19.6 Å². The van der Waals surface area contributed by atoms with Crippen molar-refractivity contribution < 1.29 is 28.2 Å². The molecule has 1 aromatic heterocycles. The van der Waals surface area contributed by atoms with Gasteiger partial charge in [0.25, 0.3) is 0 Å². The van der Waals surface area contributed by atoms with Crippen LogP contribution in [-0.2, 0) is 11.2 Å². The molecule has 2 aromatic carbocycles. The minimum Gasteiger partial charge on any atom is -0.490 e. The lowest BCUT2D eigenvalue weighted by atomic mass is 10.0. The zero-order valence-electron chi connectivity index (χ0n) is 19.3. The first kappa shape index (κ1) is 22.3. The number of amides is 1. The van der Waals surface area contributed by atoms with E-state index in [2.05, 4.69) is 0 Å². The number of aryl methyl sites for hydroxylation is 2. The van der Waals surface area contributed by atoms with Gasteiger partial charge in [-0.1, -0.05) is 13.0 Å². The first-order chi connectivity index (χ1) is 16.5. The standard InChI is InChI=1S/C26H27NO7/c1-3-17-13-19-22(15-21(17)34-26(29)27-7-11-30-12-8-27)33-16(2)24(25(19)28)18-5-6-20-23(14-18)32-10-4-9-31-20/h5-6,13-15H,3-4,7-12H2,1-2H3. The second kappa shape index (κ2) is 9.38. The summed E-state index contributed by atoms with van der Waals surface area (Å²) in [5.41, 5.74) is 2.17. The molecule has 3 heterocycles. The summed E-state index contributed by atoms with van der Waals surface area (Å²) in [6, 6.07) is 8.89. The Morgan fingerprint density at radius 3 is 2.56 bits per heavy atom. The summed E-state index contributed by atoms with van der Waals surface area (Å²) in [5, 5.41) is 0.440. The molecule has 3 aromatic rings. The second-order valence-corrected chi connectivity index (χ2v) is 8.35. The van der Waals surface area contributed by atoms with Crippen molar-refractivity contribution in [1.82, 2.24) is 4.90 Å². The van der Waals surface area contributed by atoms with Crippen molar-refractivity contribution in [3.63, 3.8) is 0 Å². The van der Waals surface area contributed by atoms with Crippen molar-refractivity contribution in [2.24, 2.45) is 0 Å². The average Bonchev–Trinajstić information content (AvgIpc) is 3.09. The van der Waals surface area contributed by atoms with Gasteiger partial charge < -0.3 is 28.3 Å². The number of rotatable bonds is 3. The Hall–Kier alpha value is -3.52. The van der Waals surface area contributed by atoms with Crippen LogP contribution in [0.15, 0.2) is 39.5 Å². The number of fused-ring (bicyclic) bond motifs is 2. The van der Waals surface area contributed by atoms with Gasteiger partial charge in [0, 0.05) is 25.6 Å². The Morgan fingerprint density at radius 1 is 1.03 bits per heavy atom. The number of carbonyl (C=O) groups is 1. The fraction of sp³-hybridized carbons (Fsp3) is 0.385. The molecule has 0 radical (unpaired) electrons. The zero-order chi connectivity index (χ0) is 23.7. The first-order valence-corrected chi connectivity index (χ1v) is 11.6. The van der Waals surface area contributed by atoms with E-state index in [1.165, 1.54) is 0 Å². The maximum Gasteiger partial charge on any atom is 0.415 e. The Labute approximate surface area is 197 Å². The van der Waals surface area contributed by atoms with Crippen molar-refractivity contribution >= 4 is 17.1 Å². The normalized spacial score (nSPS) is 15.8. The minimum absolute atomic E-state index is 0.144. The molecule has 8 nitrogen and oxygen atoms in total. The van der Waals surface area contributed by atoms with Gasteiger partial charge in [-0.25, -0.2) is 4.79 Å². The monoisotopic (exact) mass is 465 g/mol. The molecular formula is C26H27NO7. The van der Waals surface area contributed by atoms with Gasteiger partial charge in [-0.15, -0.1) is 0 Å². The molecule has 0 spiro atoms. The zero-order valence-corrected chi connectivity index (χ0v) is 19.3. The third-order valence-corrected chi connectivity index (χ3v) is 6.13. The van der Waals surface area contributed by atoms with Gasteiger partial charge in [0.1, 0.15) is 17.1 Å². The van der Waals surface area contributed by atoms with E-state index in [4.69, 9.17) is 23.4 Å². The van der Waals surface area contributed by atoms with Gasteiger partial charge in [0.2, 0.25) is 5.43 Å². The second-order valence-electron chi connectivity index (χ2n) is 8.35. The van der Waals surface area contributed by atoms with Crippen LogP contribution in [0.25, 0.3) is 22.1 Å². The summed E-state index contributed by atoms with van der Waals surface area (Å²) >= 11 is 0. The van der Waals surface area contributed by atoms with Gasteiger partial charge in [-0.2, -0.15) is 0 Å². The number of hydrogen-bond donors (Lipinski definition) is 0. The maximum absolute atomic E-state index is 13.6. The van der Waals surface area contributed by atoms with Gasteiger partial charge in [-0.05, 0) is 42.7 Å². The summed E-state index contributed by atoms with van der Waals surface area (Å²) in [7, 11) is 0. The molecule has 0 aliphatic carbocycles. The fourth-order valence-electron chi connectivity index (χ4n) is 4.31. The minimum atomic E-state index is -0.430. The topological polar surface area (TPSA) is 87.4 Å². The van der Waals surface area contributed by atoms with E-state index in [1.807, 2.05) is 25.1 Å². The van der Waals surface area contributed by atoms with E-state index in [1.54, 1.807) is 24.0 Å². The molecule has 0 bridgehead atoms. The molecule has 2 aliphatic heterocycles. The lowest BCUT2D eigenvalue weighted by molar-refractivity contribution is 0.0415. The Bertz CT molecular complexity index is 1290. The summed E-state index contributed by atoms with van der Waals surface area (Å²) in [4.78, 5) is 27.8. The van der Waals surface area contributed by atoms with Crippen LogP contribution in [0.2, 0.25) is 0 Å². The van der Waals surface area contributed by atoms with Gasteiger partial charge in [0.05, 0.1) is 37.4 Å². The van der Waals surface area contributed by atoms with Crippen LogP contribution in [0.5, 0.6) is 17.2 Å². The SMILES string of the molecule is CCc1cc2c(=O)c(-c3ccc4c(c3)OCCCO4)c(C)oc2cc1OC(=O)N1CCOCC1. The molecule has 34 heavy (non-hydrogen) atoms. The highest BCUT2D eigenvalue weighted by molar-refractivity contribution is 5.86. The predicted octanol–water partition coefficient (Wildman–Crippen LogP) is 4.32. The number of ether oxygens (including phenoxy) is 4. The number of benzene rings is 2. The van der Waals surface area contributed by atoms with Crippen molar-refractivity contribution in [2.45, 2.75) is 26.7 Å². The summed E-state index contributed by atoms with van der Waals surface area (Å²) in [6.07, 6.45) is 0.966. The van der Waals surface area contributed by atoms with E-state index in [9.17, 15) is 9.59 Å². The summed E-state index contributed by atoms with van der Waals surface area (Å²) < 4.78 is 28.6. The van der Waals surface area contributed by atoms with Crippen LogP contribution in [0.3, 0.4) is 0 Å². The quantitative estimate of drug-likeness (QED) is 0.569. The highest BCUT2D eigenvalue weighted by atomic mass is 16.6. The Morgan fingerprint density at radius 2 is 1.79 bits per heavy atom. The molecule has 1 amide bonds. The van der Waals surface area contributed by atoms with Crippen molar-refractivity contribution in [3.8, 4) is 28.4 Å². The molecule has 2 aliphatic rings. The number of hydrogen-bond acceptors (Lipinski definition) is 7. The lowest BCUT2D eigenvalue weighted by Gasteiger charge is -2.26. The molecule has 5 rings (SSSR count). The van der Waals surface area contributed by atoms with E-state index in [-0.39, 0.29) is 5.43 Å². The van der Waals surface area contributed by atoms with Crippen LogP contribution in [-0.4, -0.2) is 50.5 Å².